The van der Waals surface area contributed by atoms with Gasteiger partial charge in [-0.2, -0.15) is 10.1 Å². The van der Waals surface area contributed by atoms with Crippen LogP contribution in [0.25, 0.3) is 0 Å². The van der Waals surface area contributed by atoms with Crippen molar-refractivity contribution in [3.8, 4) is 5.75 Å². The van der Waals surface area contributed by atoms with Crippen LogP contribution in [-0.2, 0) is 12.8 Å². The fourth-order valence-electron chi connectivity index (χ4n) is 3.18. The fraction of sp³-hybridized carbons (Fsp3) is 0.273. The van der Waals surface area contributed by atoms with Gasteiger partial charge in [0.25, 0.3) is 5.91 Å². The van der Waals surface area contributed by atoms with E-state index in [1.165, 1.54) is 0 Å². The van der Waals surface area contributed by atoms with E-state index in [1.54, 1.807) is 50.5 Å². The SMILES string of the molecule is CNC(=O)c1cc(OC)cc(CCc2cc(Nc3ccnc(N(C)c4cc(C)no4)n3)n[nH]2)n1. The van der Waals surface area contributed by atoms with Crippen molar-refractivity contribution < 1.29 is 14.1 Å². The fourth-order valence-corrected chi connectivity index (χ4v) is 3.18. The summed E-state index contributed by atoms with van der Waals surface area (Å²) >= 11 is 0. The molecule has 0 spiro atoms. The topological polar surface area (TPSA) is 147 Å². The van der Waals surface area contributed by atoms with Crippen molar-refractivity contribution in [2.75, 3.05) is 31.4 Å². The zero-order valence-electron chi connectivity index (χ0n) is 19.3. The standard InChI is InChI=1S/C22H25N9O3/c1-13-9-20(34-30-13)31(3)22-24-8-7-18(27-22)26-19-11-15(28-29-19)6-5-14-10-16(33-4)12-17(25-14)21(32)23-2/h7-12H,5-6H2,1-4H3,(H,23,32)(H2,24,26,27,28,29). The lowest BCUT2D eigenvalue weighted by atomic mass is 10.1. The Morgan fingerprint density at radius 2 is 2.03 bits per heavy atom. The van der Waals surface area contributed by atoms with Crippen LogP contribution in [0.3, 0.4) is 0 Å². The summed E-state index contributed by atoms with van der Waals surface area (Å²) in [5.41, 5.74) is 2.73. The number of amides is 1. The second kappa shape index (κ2) is 9.98. The van der Waals surface area contributed by atoms with Crippen LogP contribution in [0.1, 0.15) is 27.6 Å². The van der Waals surface area contributed by atoms with Crippen LogP contribution >= 0.6 is 0 Å². The van der Waals surface area contributed by atoms with Crippen LogP contribution in [0, 0.1) is 6.92 Å². The Morgan fingerprint density at radius 3 is 2.76 bits per heavy atom. The normalized spacial score (nSPS) is 10.7. The van der Waals surface area contributed by atoms with E-state index in [0.29, 0.717) is 47.8 Å². The minimum Gasteiger partial charge on any atom is -0.497 e. The van der Waals surface area contributed by atoms with Crippen molar-refractivity contribution in [3.63, 3.8) is 0 Å². The Kier molecular flexibility index (Phi) is 6.67. The van der Waals surface area contributed by atoms with Crippen LogP contribution in [0.2, 0.25) is 0 Å². The van der Waals surface area contributed by atoms with Crippen molar-refractivity contribution in [1.82, 2.24) is 35.6 Å². The van der Waals surface area contributed by atoms with E-state index in [9.17, 15) is 4.79 Å². The Bertz CT molecular complexity index is 1280. The number of hydrogen-bond donors (Lipinski definition) is 3. The number of methoxy groups -OCH3 is 1. The highest BCUT2D eigenvalue weighted by atomic mass is 16.5. The molecule has 34 heavy (non-hydrogen) atoms. The number of ether oxygens (including phenoxy) is 1. The maximum absolute atomic E-state index is 12.0. The molecule has 4 heterocycles. The number of carbonyl (C=O) groups excluding carboxylic acids is 1. The van der Waals surface area contributed by atoms with Gasteiger partial charge in [-0.3, -0.25) is 14.8 Å². The van der Waals surface area contributed by atoms with E-state index in [0.717, 1.165) is 17.1 Å². The predicted molar refractivity (Wildman–Crippen MR) is 125 cm³/mol. The summed E-state index contributed by atoms with van der Waals surface area (Å²) in [5, 5.41) is 17.0. The molecule has 4 aromatic rings. The number of pyridine rings is 1. The third-order valence-corrected chi connectivity index (χ3v) is 4.97. The summed E-state index contributed by atoms with van der Waals surface area (Å²) in [6.45, 7) is 1.85. The van der Waals surface area contributed by atoms with Crippen molar-refractivity contribution in [2.45, 2.75) is 19.8 Å². The van der Waals surface area contributed by atoms with Gasteiger partial charge >= 0.3 is 0 Å². The summed E-state index contributed by atoms with van der Waals surface area (Å²) < 4.78 is 10.6. The lowest BCUT2D eigenvalue weighted by Gasteiger charge is -2.13. The summed E-state index contributed by atoms with van der Waals surface area (Å²) in [5.74, 6) is 2.51. The number of aromatic nitrogens is 6. The molecule has 12 heteroatoms. The van der Waals surface area contributed by atoms with E-state index in [-0.39, 0.29) is 5.91 Å². The number of nitrogens with zero attached hydrogens (tertiary/aromatic N) is 6. The summed E-state index contributed by atoms with van der Waals surface area (Å²) in [6.07, 6.45) is 2.89. The van der Waals surface area contributed by atoms with E-state index in [4.69, 9.17) is 9.26 Å². The molecule has 4 rings (SSSR count). The molecule has 176 valence electrons. The molecule has 0 bridgehead atoms. The average molecular weight is 464 g/mol. The summed E-state index contributed by atoms with van der Waals surface area (Å²) in [6, 6.07) is 8.87. The molecule has 4 aromatic heterocycles. The molecule has 0 aliphatic rings. The Morgan fingerprint density at radius 1 is 1.18 bits per heavy atom. The second-order valence-corrected chi connectivity index (χ2v) is 7.47. The molecule has 0 fully saturated rings. The number of nitrogens with one attached hydrogen (secondary N) is 3. The van der Waals surface area contributed by atoms with Gasteiger partial charge in [-0.05, 0) is 25.8 Å². The number of aromatic amines is 1. The van der Waals surface area contributed by atoms with Gasteiger partial charge in [0.1, 0.15) is 17.3 Å². The second-order valence-electron chi connectivity index (χ2n) is 7.47. The number of rotatable bonds is 9. The molecule has 0 atom stereocenters. The number of anilines is 4. The first-order valence-electron chi connectivity index (χ1n) is 10.5. The first-order chi connectivity index (χ1) is 16.4. The van der Waals surface area contributed by atoms with Crippen molar-refractivity contribution >= 4 is 29.4 Å². The molecule has 0 radical (unpaired) electrons. The van der Waals surface area contributed by atoms with E-state index in [2.05, 4.69) is 40.9 Å². The van der Waals surface area contributed by atoms with Crippen molar-refractivity contribution in [1.29, 1.82) is 0 Å². The molecular weight excluding hydrogens is 438 g/mol. The average Bonchev–Trinajstić information content (AvgIpc) is 3.50. The third-order valence-electron chi connectivity index (χ3n) is 4.97. The molecular formula is C22H25N9O3. The zero-order chi connectivity index (χ0) is 24.1. The Balaban J connectivity index is 1.41. The lowest BCUT2D eigenvalue weighted by Crippen LogP contribution is -2.20. The third kappa shape index (κ3) is 5.28. The van der Waals surface area contributed by atoms with Gasteiger partial charge < -0.3 is 19.9 Å². The van der Waals surface area contributed by atoms with Crippen LogP contribution in [0.15, 0.2) is 41.1 Å². The molecule has 0 aliphatic carbocycles. The zero-order valence-corrected chi connectivity index (χ0v) is 19.3. The van der Waals surface area contributed by atoms with Gasteiger partial charge in [0.15, 0.2) is 5.82 Å². The first-order valence-corrected chi connectivity index (χ1v) is 10.5. The molecule has 0 saturated heterocycles. The van der Waals surface area contributed by atoms with E-state index in [1.807, 2.05) is 19.1 Å². The Labute approximate surface area is 195 Å². The van der Waals surface area contributed by atoms with Crippen molar-refractivity contribution in [3.05, 3.63) is 59.3 Å². The molecule has 0 aliphatic heterocycles. The minimum absolute atomic E-state index is 0.263. The van der Waals surface area contributed by atoms with E-state index < -0.39 is 0 Å². The number of aryl methyl sites for hydroxylation is 3. The highest BCUT2D eigenvalue weighted by molar-refractivity contribution is 5.92. The summed E-state index contributed by atoms with van der Waals surface area (Å²) in [7, 11) is 4.92. The lowest BCUT2D eigenvalue weighted by molar-refractivity contribution is 0.0957. The molecule has 12 nitrogen and oxygen atoms in total. The maximum Gasteiger partial charge on any atom is 0.269 e. The van der Waals surface area contributed by atoms with Gasteiger partial charge in [0.2, 0.25) is 11.8 Å². The first kappa shape index (κ1) is 22.7. The van der Waals surface area contributed by atoms with Gasteiger partial charge in [-0.15, -0.1) is 0 Å². The van der Waals surface area contributed by atoms with Crippen LogP contribution in [0.5, 0.6) is 5.75 Å². The van der Waals surface area contributed by atoms with Gasteiger partial charge in [-0.1, -0.05) is 5.16 Å². The summed E-state index contributed by atoms with van der Waals surface area (Å²) in [4.78, 5) is 26.9. The quantitative estimate of drug-likeness (QED) is 0.338. The van der Waals surface area contributed by atoms with E-state index >= 15 is 0 Å². The maximum atomic E-state index is 12.0. The number of carbonyl (C=O) groups is 1. The monoisotopic (exact) mass is 463 g/mol. The molecule has 0 unspecified atom stereocenters. The van der Waals surface area contributed by atoms with Crippen LogP contribution in [-0.4, -0.2) is 57.4 Å². The largest absolute Gasteiger partial charge is 0.497 e. The minimum atomic E-state index is -0.263. The van der Waals surface area contributed by atoms with Crippen molar-refractivity contribution in [2.24, 2.45) is 0 Å². The van der Waals surface area contributed by atoms with Gasteiger partial charge in [0, 0.05) is 55.9 Å². The Hall–Kier alpha value is -4.48. The van der Waals surface area contributed by atoms with Gasteiger partial charge in [0.05, 0.1) is 12.8 Å². The molecule has 1 amide bonds. The number of hydrogen-bond acceptors (Lipinski definition) is 10. The predicted octanol–water partition coefficient (Wildman–Crippen LogP) is 2.56. The molecule has 0 saturated carbocycles. The van der Waals surface area contributed by atoms with Gasteiger partial charge in [-0.25, -0.2) is 9.97 Å². The smallest absolute Gasteiger partial charge is 0.269 e. The highest BCUT2D eigenvalue weighted by Gasteiger charge is 2.14. The van der Waals surface area contributed by atoms with Crippen LogP contribution < -0.4 is 20.3 Å². The highest BCUT2D eigenvalue weighted by Crippen LogP contribution is 2.23. The number of H-pyrrole nitrogens is 1. The molecule has 3 N–H and O–H groups in total. The molecule has 0 aromatic carbocycles. The van der Waals surface area contributed by atoms with Crippen LogP contribution in [0.4, 0.5) is 23.5 Å².